The Morgan fingerprint density at radius 1 is 1.14 bits per heavy atom. The van der Waals surface area contributed by atoms with Crippen molar-refractivity contribution in [2.75, 3.05) is 6.54 Å². The number of H-pyrrole nitrogens is 1. The molecule has 1 aliphatic heterocycles. The van der Waals surface area contributed by atoms with E-state index in [0.717, 1.165) is 25.1 Å². The molecule has 1 aliphatic rings. The highest BCUT2D eigenvalue weighted by atomic mass is 16.4. The molecular weight excluding hydrogens is 388 g/mol. The van der Waals surface area contributed by atoms with Gasteiger partial charge in [0, 0.05) is 24.7 Å². The molecule has 1 amide bonds. The molecule has 1 fully saturated rings. The number of carboxylic acid groups (broad SMARTS) is 3. The van der Waals surface area contributed by atoms with Crippen LogP contribution in [-0.4, -0.2) is 73.8 Å². The first-order chi connectivity index (χ1) is 13.5. The smallest absolute Gasteiger partial charge is 0.320 e. The summed E-state index contributed by atoms with van der Waals surface area (Å²) in [5, 5.41) is 27.8. The topological polar surface area (TPSA) is 248 Å². The quantitative estimate of drug-likeness (QED) is 0.227. The predicted octanol–water partition coefficient (Wildman–Crippen LogP) is -2.15. The zero-order valence-electron chi connectivity index (χ0n) is 15.8. The van der Waals surface area contributed by atoms with Gasteiger partial charge in [0.1, 0.15) is 18.1 Å². The lowest BCUT2D eigenvalue weighted by molar-refractivity contribution is -0.139. The summed E-state index contributed by atoms with van der Waals surface area (Å²) in [5.41, 5.74) is 15.8. The molecule has 0 spiro atoms. The first kappa shape index (κ1) is 26.0. The highest BCUT2D eigenvalue weighted by Crippen LogP contribution is 2.03. The van der Waals surface area contributed by atoms with Gasteiger partial charge in [-0.1, -0.05) is 0 Å². The van der Waals surface area contributed by atoms with Crippen LogP contribution in [0.2, 0.25) is 0 Å². The van der Waals surface area contributed by atoms with Gasteiger partial charge in [-0.05, 0) is 25.8 Å². The van der Waals surface area contributed by atoms with Crippen molar-refractivity contribution in [1.82, 2.24) is 15.3 Å². The molecule has 0 aliphatic carbocycles. The van der Waals surface area contributed by atoms with E-state index in [9.17, 15) is 19.2 Å². The minimum Gasteiger partial charge on any atom is -0.480 e. The molecule has 11 N–H and O–H groups in total. The lowest BCUT2D eigenvalue weighted by atomic mass is 10.2. The van der Waals surface area contributed by atoms with Crippen LogP contribution in [0.3, 0.4) is 0 Å². The Hall–Kier alpha value is -3.03. The zero-order valence-corrected chi connectivity index (χ0v) is 15.8. The third kappa shape index (κ3) is 12.9. The molecule has 0 radical (unpaired) electrons. The van der Waals surface area contributed by atoms with Crippen LogP contribution in [0.1, 0.15) is 31.4 Å². The van der Waals surface area contributed by atoms with Crippen LogP contribution in [0.15, 0.2) is 12.5 Å². The van der Waals surface area contributed by atoms with E-state index in [2.05, 4.69) is 15.3 Å². The number of rotatable bonds is 8. The highest BCUT2D eigenvalue weighted by Gasteiger charge is 2.20. The Labute approximate surface area is 166 Å². The van der Waals surface area contributed by atoms with Crippen molar-refractivity contribution in [2.24, 2.45) is 17.2 Å². The maximum absolute atomic E-state index is 10.3. The van der Waals surface area contributed by atoms with E-state index >= 15 is 0 Å². The number of hydrogen-bond donors (Lipinski definition) is 8. The number of aromatic amines is 1. The van der Waals surface area contributed by atoms with Crippen LogP contribution >= 0.6 is 0 Å². The second kappa shape index (κ2) is 14.0. The van der Waals surface area contributed by atoms with Gasteiger partial charge in [-0.15, -0.1) is 0 Å². The molecule has 0 saturated carbocycles. The summed E-state index contributed by atoms with van der Waals surface area (Å²) in [7, 11) is 0. The molecule has 164 valence electrons. The number of aliphatic carboxylic acids is 3. The minimum absolute atomic E-state index is 0.0213. The van der Waals surface area contributed by atoms with Crippen molar-refractivity contribution in [2.45, 2.75) is 50.2 Å². The van der Waals surface area contributed by atoms with Crippen LogP contribution in [0, 0.1) is 0 Å². The fourth-order valence-corrected chi connectivity index (χ4v) is 2.04. The predicted molar refractivity (Wildman–Crippen MR) is 101 cm³/mol. The van der Waals surface area contributed by atoms with E-state index in [4.69, 9.17) is 32.5 Å². The second-order valence-corrected chi connectivity index (χ2v) is 6.16. The van der Waals surface area contributed by atoms with E-state index in [0.29, 0.717) is 0 Å². The Kier molecular flexibility index (Phi) is 12.6. The van der Waals surface area contributed by atoms with Crippen LogP contribution in [0.25, 0.3) is 0 Å². The van der Waals surface area contributed by atoms with E-state index in [1.165, 1.54) is 6.33 Å². The average Bonchev–Trinajstić information content (AvgIpc) is 3.34. The molecule has 0 aromatic carbocycles. The van der Waals surface area contributed by atoms with Crippen molar-refractivity contribution in [3.8, 4) is 0 Å². The first-order valence-corrected chi connectivity index (χ1v) is 8.73. The second-order valence-electron chi connectivity index (χ2n) is 6.16. The fourth-order valence-electron chi connectivity index (χ4n) is 2.04. The number of carboxylic acids is 3. The van der Waals surface area contributed by atoms with Crippen LogP contribution < -0.4 is 22.5 Å². The van der Waals surface area contributed by atoms with Gasteiger partial charge in [0.15, 0.2) is 0 Å². The Balaban J connectivity index is 0.000000410. The standard InChI is InChI=1S/C6H9N3O2.C5H10N2O3.C5H9NO2/c7-5(6(10)11)1-4-2-8-3-9-4;6-3(5(9)10)1-2-4(7)8;7-5(8)4-2-1-3-6-4/h2-3,5H,1,7H2,(H,8,9)(H,10,11);3H,1-2,6H2,(H2,7,8)(H,9,10);4,6H,1-3H2,(H,7,8)/t5-;3-;4-/m000/s1. The molecule has 0 unspecified atom stereocenters. The largest absolute Gasteiger partial charge is 0.480 e. The third-order valence-electron chi connectivity index (χ3n) is 3.69. The maximum atomic E-state index is 10.3. The number of carbonyl (C=O) groups is 4. The Bertz CT molecular complexity index is 646. The molecule has 2 heterocycles. The molecule has 2 rings (SSSR count). The number of hydrogen-bond acceptors (Lipinski definition) is 8. The first-order valence-electron chi connectivity index (χ1n) is 8.73. The van der Waals surface area contributed by atoms with Gasteiger partial charge in [0.2, 0.25) is 5.91 Å². The number of nitrogens with zero attached hydrogens (tertiary/aromatic N) is 1. The van der Waals surface area contributed by atoms with Crippen LogP contribution in [-0.2, 0) is 25.6 Å². The number of aromatic nitrogens is 2. The molecule has 3 atom stereocenters. The number of imidazole rings is 1. The van der Waals surface area contributed by atoms with Gasteiger partial charge in [0.25, 0.3) is 0 Å². The summed E-state index contributed by atoms with van der Waals surface area (Å²) >= 11 is 0. The summed E-state index contributed by atoms with van der Waals surface area (Å²) in [6.07, 6.45) is 5.24. The molecule has 29 heavy (non-hydrogen) atoms. The Morgan fingerprint density at radius 2 is 1.76 bits per heavy atom. The summed E-state index contributed by atoms with van der Waals surface area (Å²) < 4.78 is 0. The normalized spacial score (nSPS) is 17.0. The van der Waals surface area contributed by atoms with Gasteiger partial charge in [-0.2, -0.15) is 0 Å². The number of nitrogens with one attached hydrogen (secondary N) is 2. The van der Waals surface area contributed by atoms with Crippen molar-refractivity contribution < 1.29 is 34.5 Å². The monoisotopic (exact) mass is 416 g/mol. The summed E-state index contributed by atoms with van der Waals surface area (Å²) in [5.74, 6) is -3.36. The minimum atomic E-state index is -1.11. The van der Waals surface area contributed by atoms with Crippen LogP contribution in [0.5, 0.6) is 0 Å². The molecule has 0 bridgehead atoms. The molecule has 1 aromatic rings. The lowest BCUT2D eigenvalue weighted by Crippen LogP contribution is -2.32. The van der Waals surface area contributed by atoms with Crippen LogP contribution in [0.4, 0.5) is 0 Å². The number of nitrogens with two attached hydrogens (primary N) is 3. The van der Waals surface area contributed by atoms with Gasteiger partial charge in [-0.3, -0.25) is 19.2 Å². The van der Waals surface area contributed by atoms with Gasteiger partial charge in [-0.25, -0.2) is 4.98 Å². The van der Waals surface area contributed by atoms with E-state index in [1.807, 2.05) is 0 Å². The van der Waals surface area contributed by atoms with Gasteiger partial charge in [0.05, 0.1) is 6.33 Å². The summed E-state index contributed by atoms with van der Waals surface area (Å²) in [6.45, 7) is 0.858. The van der Waals surface area contributed by atoms with E-state index in [1.54, 1.807) is 6.20 Å². The number of primary amides is 1. The molecule has 1 saturated heterocycles. The van der Waals surface area contributed by atoms with Crippen molar-refractivity contribution in [3.05, 3.63) is 18.2 Å². The van der Waals surface area contributed by atoms with Crippen molar-refractivity contribution in [3.63, 3.8) is 0 Å². The fraction of sp³-hybridized carbons (Fsp3) is 0.562. The van der Waals surface area contributed by atoms with Gasteiger partial charge >= 0.3 is 17.9 Å². The zero-order chi connectivity index (χ0) is 22.4. The SMILES string of the molecule is NC(=O)CC[C@H](N)C(=O)O.N[C@@H](Cc1cnc[nH]1)C(=O)O.O=C(O)[C@@H]1CCCN1. The Morgan fingerprint density at radius 3 is 2.10 bits per heavy atom. The number of amides is 1. The molecule has 13 nitrogen and oxygen atoms in total. The maximum Gasteiger partial charge on any atom is 0.320 e. The third-order valence-corrected chi connectivity index (χ3v) is 3.69. The summed E-state index contributed by atoms with van der Waals surface area (Å²) in [6, 6.07) is -2.10. The molecule has 13 heteroatoms. The van der Waals surface area contributed by atoms with Gasteiger partial charge < -0.3 is 42.8 Å². The van der Waals surface area contributed by atoms with E-state index < -0.39 is 35.9 Å². The number of carbonyl (C=O) groups excluding carboxylic acids is 1. The van der Waals surface area contributed by atoms with E-state index in [-0.39, 0.29) is 25.3 Å². The van der Waals surface area contributed by atoms with Crippen molar-refractivity contribution in [1.29, 1.82) is 0 Å². The van der Waals surface area contributed by atoms with Crippen molar-refractivity contribution >= 4 is 23.8 Å². The molecular formula is C16H28N6O7. The lowest BCUT2D eigenvalue weighted by Gasteiger charge is -2.02. The molecule has 1 aromatic heterocycles. The highest BCUT2D eigenvalue weighted by molar-refractivity contribution is 5.77. The average molecular weight is 416 g/mol. The summed E-state index contributed by atoms with van der Waals surface area (Å²) in [4.78, 5) is 47.0.